The fourth-order valence-corrected chi connectivity index (χ4v) is 3.24. The summed E-state index contributed by atoms with van der Waals surface area (Å²) in [5.74, 6) is -0.315. The first kappa shape index (κ1) is 18.8. The van der Waals surface area contributed by atoms with Crippen molar-refractivity contribution >= 4 is 40.4 Å². The lowest BCUT2D eigenvalue weighted by molar-refractivity contribution is -0.117. The molecule has 6 nitrogen and oxygen atoms in total. The van der Waals surface area contributed by atoms with E-state index in [1.54, 1.807) is 6.07 Å². The van der Waals surface area contributed by atoms with Crippen LogP contribution in [-0.4, -0.2) is 27.7 Å². The first-order chi connectivity index (χ1) is 12.9. The summed E-state index contributed by atoms with van der Waals surface area (Å²) in [6.07, 6.45) is 0. The SMILES string of the molecule is Cc1ccc(NC(=O)NC(=O)CSc2nc3ccccc3nc2C)cc1C. The normalized spacial score (nSPS) is 10.6. The summed E-state index contributed by atoms with van der Waals surface area (Å²) in [6, 6.07) is 12.6. The molecule has 2 aromatic carbocycles. The quantitative estimate of drug-likeness (QED) is 0.669. The van der Waals surface area contributed by atoms with Crippen LogP contribution in [0.2, 0.25) is 0 Å². The minimum absolute atomic E-state index is 0.0776. The van der Waals surface area contributed by atoms with Crippen molar-refractivity contribution in [3.63, 3.8) is 0 Å². The molecule has 2 N–H and O–H groups in total. The van der Waals surface area contributed by atoms with E-state index >= 15 is 0 Å². The van der Waals surface area contributed by atoms with Crippen molar-refractivity contribution in [1.82, 2.24) is 15.3 Å². The zero-order valence-corrected chi connectivity index (χ0v) is 16.2. The molecule has 0 saturated carbocycles. The van der Waals surface area contributed by atoms with E-state index in [1.165, 1.54) is 11.8 Å². The van der Waals surface area contributed by atoms with Crippen molar-refractivity contribution in [3.8, 4) is 0 Å². The predicted molar refractivity (Wildman–Crippen MR) is 108 cm³/mol. The smallest absolute Gasteiger partial charge is 0.308 e. The molecule has 0 spiro atoms. The largest absolute Gasteiger partial charge is 0.325 e. The van der Waals surface area contributed by atoms with Crippen LogP contribution in [0, 0.1) is 20.8 Å². The van der Waals surface area contributed by atoms with Crippen molar-refractivity contribution in [2.24, 2.45) is 0 Å². The Kier molecular flexibility index (Phi) is 5.71. The summed E-state index contributed by atoms with van der Waals surface area (Å²) in [4.78, 5) is 33.1. The summed E-state index contributed by atoms with van der Waals surface area (Å²) in [6.45, 7) is 5.82. The Bertz CT molecular complexity index is 1020. The van der Waals surface area contributed by atoms with Gasteiger partial charge in [0.25, 0.3) is 0 Å². The van der Waals surface area contributed by atoms with Crippen LogP contribution in [0.1, 0.15) is 16.8 Å². The van der Waals surface area contributed by atoms with Crippen molar-refractivity contribution in [2.75, 3.05) is 11.1 Å². The molecule has 3 amide bonds. The number of fused-ring (bicyclic) bond motifs is 1. The molecule has 3 aromatic rings. The number of carbonyl (C=O) groups excluding carboxylic acids is 2. The first-order valence-corrected chi connectivity index (χ1v) is 9.45. The number of aromatic nitrogens is 2. The standard InChI is InChI=1S/C20H20N4O2S/c1-12-8-9-15(10-13(12)2)22-20(26)24-18(25)11-27-19-14(3)21-16-6-4-5-7-17(16)23-19/h4-10H,11H2,1-3H3,(H2,22,24,25,26). The molecular formula is C20H20N4O2S. The van der Waals surface area contributed by atoms with Crippen LogP contribution in [0.4, 0.5) is 10.5 Å². The molecule has 0 aliphatic heterocycles. The number of aryl methyl sites for hydroxylation is 3. The number of nitrogens with zero attached hydrogens (tertiary/aromatic N) is 2. The molecular weight excluding hydrogens is 360 g/mol. The number of urea groups is 1. The van der Waals surface area contributed by atoms with Crippen molar-refractivity contribution in [1.29, 1.82) is 0 Å². The second-order valence-electron chi connectivity index (χ2n) is 6.19. The highest BCUT2D eigenvalue weighted by molar-refractivity contribution is 7.99. The Morgan fingerprint density at radius 1 is 0.963 bits per heavy atom. The maximum Gasteiger partial charge on any atom is 0.325 e. The summed E-state index contributed by atoms with van der Waals surface area (Å²) in [7, 11) is 0. The number of rotatable bonds is 4. The molecule has 0 aliphatic carbocycles. The van der Waals surface area contributed by atoms with Gasteiger partial charge in [-0.15, -0.1) is 0 Å². The Morgan fingerprint density at radius 3 is 2.37 bits per heavy atom. The number of imide groups is 1. The zero-order valence-electron chi connectivity index (χ0n) is 15.4. The van der Waals surface area contributed by atoms with E-state index in [0.717, 1.165) is 27.9 Å². The molecule has 0 unspecified atom stereocenters. The lowest BCUT2D eigenvalue weighted by atomic mass is 10.1. The second kappa shape index (κ2) is 8.18. The molecule has 0 radical (unpaired) electrons. The number of carbonyl (C=O) groups is 2. The van der Waals surface area contributed by atoms with E-state index in [2.05, 4.69) is 20.6 Å². The van der Waals surface area contributed by atoms with Gasteiger partial charge in [0, 0.05) is 5.69 Å². The molecule has 0 fully saturated rings. The number of hydrogen-bond donors (Lipinski definition) is 2. The summed E-state index contributed by atoms with van der Waals surface area (Å²) in [5, 5.41) is 5.68. The molecule has 138 valence electrons. The van der Waals surface area contributed by atoms with Crippen LogP contribution in [0.15, 0.2) is 47.5 Å². The lowest BCUT2D eigenvalue weighted by Crippen LogP contribution is -2.35. The summed E-state index contributed by atoms with van der Waals surface area (Å²) in [5.41, 5.74) is 5.20. The van der Waals surface area contributed by atoms with Crippen LogP contribution < -0.4 is 10.6 Å². The van der Waals surface area contributed by atoms with Gasteiger partial charge in [0.1, 0.15) is 5.03 Å². The van der Waals surface area contributed by atoms with Crippen molar-refractivity contribution < 1.29 is 9.59 Å². The highest BCUT2D eigenvalue weighted by atomic mass is 32.2. The Hall–Kier alpha value is -2.93. The molecule has 0 atom stereocenters. The highest BCUT2D eigenvalue weighted by Gasteiger charge is 2.12. The van der Waals surface area contributed by atoms with Gasteiger partial charge in [0.2, 0.25) is 5.91 Å². The summed E-state index contributed by atoms with van der Waals surface area (Å²) >= 11 is 1.26. The number of nitrogens with one attached hydrogen (secondary N) is 2. The van der Waals surface area contributed by atoms with Crippen molar-refractivity contribution in [3.05, 3.63) is 59.3 Å². The molecule has 27 heavy (non-hydrogen) atoms. The van der Waals surface area contributed by atoms with E-state index in [0.29, 0.717) is 10.7 Å². The number of amides is 3. The van der Waals surface area contributed by atoms with Crippen LogP contribution in [0.3, 0.4) is 0 Å². The third kappa shape index (κ3) is 4.83. The minimum atomic E-state index is -0.551. The maximum absolute atomic E-state index is 12.1. The molecule has 7 heteroatoms. The van der Waals surface area contributed by atoms with E-state index in [1.807, 2.05) is 57.2 Å². The monoisotopic (exact) mass is 380 g/mol. The van der Waals surface area contributed by atoms with Crippen LogP contribution in [0.25, 0.3) is 11.0 Å². The third-order valence-corrected chi connectivity index (χ3v) is 5.13. The second-order valence-corrected chi connectivity index (χ2v) is 7.16. The van der Waals surface area contributed by atoms with Crippen LogP contribution in [0.5, 0.6) is 0 Å². The van der Waals surface area contributed by atoms with Crippen LogP contribution in [-0.2, 0) is 4.79 Å². The topological polar surface area (TPSA) is 84.0 Å². The van der Waals surface area contributed by atoms with Gasteiger partial charge >= 0.3 is 6.03 Å². The first-order valence-electron chi connectivity index (χ1n) is 8.46. The fourth-order valence-electron chi connectivity index (χ4n) is 2.49. The van der Waals surface area contributed by atoms with E-state index in [-0.39, 0.29) is 5.75 Å². The molecule has 1 heterocycles. The van der Waals surface area contributed by atoms with Gasteiger partial charge in [-0.25, -0.2) is 14.8 Å². The molecule has 3 rings (SSSR count). The Balaban J connectivity index is 1.57. The van der Waals surface area contributed by atoms with Gasteiger partial charge < -0.3 is 5.32 Å². The maximum atomic E-state index is 12.1. The molecule has 0 bridgehead atoms. The number of hydrogen-bond acceptors (Lipinski definition) is 5. The predicted octanol–water partition coefficient (Wildman–Crippen LogP) is 4.00. The van der Waals surface area contributed by atoms with Gasteiger partial charge in [-0.05, 0) is 56.2 Å². The van der Waals surface area contributed by atoms with Gasteiger partial charge in [0.05, 0.1) is 22.5 Å². The van der Waals surface area contributed by atoms with E-state index in [4.69, 9.17) is 0 Å². The van der Waals surface area contributed by atoms with E-state index in [9.17, 15) is 9.59 Å². The van der Waals surface area contributed by atoms with Gasteiger partial charge in [-0.1, -0.05) is 30.0 Å². The Labute approximate surface area is 161 Å². The van der Waals surface area contributed by atoms with Crippen molar-refractivity contribution in [2.45, 2.75) is 25.8 Å². The van der Waals surface area contributed by atoms with Gasteiger partial charge in [0.15, 0.2) is 0 Å². The Morgan fingerprint density at radius 2 is 1.67 bits per heavy atom. The number of thioether (sulfide) groups is 1. The van der Waals surface area contributed by atoms with Gasteiger partial charge in [-0.3, -0.25) is 10.1 Å². The minimum Gasteiger partial charge on any atom is -0.308 e. The third-order valence-electron chi connectivity index (χ3n) is 4.06. The fraction of sp³-hybridized carbons (Fsp3) is 0.200. The number of para-hydroxylation sites is 2. The molecule has 0 aliphatic rings. The summed E-state index contributed by atoms with van der Waals surface area (Å²) < 4.78 is 0. The molecule has 1 aromatic heterocycles. The zero-order chi connectivity index (χ0) is 19.4. The van der Waals surface area contributed by atoms with Crippen LogP contribution >= 0.6 is 11.8 Å². The average molecular weight is 380 g/mol. The van der Waals surface area contributed by atoms with E-state index < -0.39 is 11.9 Å². The number of anilines is 1. The highest BCUT2D eigenvalue weighted by Crippen LogP contribution is 2.21. The lowest BCUT2D eigenvalue weighted by Gasteiger charge is -2.09. The van der Waals surface area contributed by atoms with Gasteiger partial charge in [-0.2, -0.15) is 0 Å². The average Bonchev–Trinajstić information content (AvgIpc) is 2.63. The number of benzene rings is 2. The molecule has 0 saturated heterocycles.